The van der Waals surface area contributed by atoms with Gasteiger partial charge in [-0.1, -0.05) is 6.07 Å². The Morgan fingerprint density at radius 2 is 2.60 bits per heavy atom. The summed E-state index contributed by atoms with van der Waals surface area (Å²) >= 11 is 0. The average molecular weight is 208 g/mol. The van der Waals surface area contributed by atoms with Gasteiger partial charge < -0.3 is 10.8 Å². The molecule has 80 valence electrons. The summed E-state index contributed by atoms with van der Waals surface area (Å²) in [5, 5.41) is 12.2. The average Bonchev–Trinajstić information content (AvgIpc) is 2.29. The van der Waals surface area contributed by atoms with Crippen molar-refractivity contribution in [2.45, 2.75) is 6.04 Å². The maximum atomic E-state index is 11.0. The Labute approximate surface area is 86.8 Å². The van der Waals surface area contributed by atoms with Gasteiger partial charge in [0.15, 0.2) is 0 Å². The Morgan fingerprint density at radius 3 is 3.20 bits per heavy atom. The smallest absolute Gasteiger partial charge is 0.259 e. The summed E-state index contributed by atoms with van der Waals surface area (Å²) in [7, 11) is 0. The Morgan fingerprint density at radius 1 is 1.80 bits per heavy atom. The summed E-state index contributed by atoms with van der Waals surface area (Å²) in [6.45, 7) is -0.408. The summed E-state index contributed by atoms with van der Waals surface area (Å²) < 4.78 is 0. The van der Waals surface area contributed by atoms with E-state index in [-0.39, 0.29) is 0 Å². The number of rotatable bonds is 4. The van der Waals surface area contributed by atoms with Crippen LogP contribution in [0.1, 0.15) is 5.56 Å². The van der Waals surface area contributed by atoms with Crippen LogP contribution < -0.4 is 11.2 Å². The Bertz CT molecular complexity index is 339. The summed E-state index contributed by atoms with van der Waals surface area (Å²) in [6.07, 6.45) is 4.67. The quantitative estimate of drug-likeness (QED) is 0.429. The second-order valence-electron chi connectivity index (χ2n) is 2.81. The molecule has 1 atom stereocenters. The van der Waals surface area contributed by atoms with Crippen molar-refractivity contribution in [1.82, 2.24) is 10.4 Å². The maximum Gasteiger partial charge on any atom is 0.259 e. The Hall–Kier alpha value is -1.79. The van der Waals surface area contributed by atoms with Crippen molar-refractivity contribution >= 4 is 12.1 Å². The first-order chi connectivity index (χ1) is 7.24. The van der Waals surface area contributed by atoms with Crippen LogP contribution in [0.15, 0.2) is 29.6 Å². The van der Waals surface area contributed by atoms with Gasteiger partial charge in [0.1, 0.15) is 6.04 Å². The SMILES string of the molecule is N[C@@H](CO)C(=O)N/N=C/c1cccnc1. The molecule has 1 aromatic heterocycles. The van der Waals surface area contributed by atoms with E-state index in [4.69, 9.17) is 10.8 Å². The zero-order valence-electron chi connectivity index (χ0n) is 8.00. The normalized spacial score (nSPS) is 12.7. The number of pyridine rings is 1. The molecule has 0 aromatic carbocycles. The van der Waals surface area contributed by atoms with E-state index in [1.165, 1.54) is 6.21 Å². The Balaban J connectivity index is 2.44. The molecule has 4 N–H and O–H groups in total. The molecule has 0 saturated carbocycles. The van der Waals surface area contributed by atoms with Gasteiger partial charge in [0, 0.05) is 18.0 Å². The van der Waals surface area contributed by atoms with Crippen LogP contribution in [0.4, 0.5) is 0 Å². The van der Waals surface area contributed by atoms with Crippen LogP contribution in [-0.2, 0) is 4.79 Å². The van der Waals surface area contributed by atoms with Gasteiger partial charge in [-0.25, -0.2) is 5.43 Å². The van der Waals surface area contributed by atoms with Crippen molar-refractivity contribution in [3.63, 3.8) is 0 Å². The molecule has 0 radical (unpaired) electrons. The zero-order valence-corrected chi connectivity index (χ0v) is 8.00. The van der Waals surface area contributed by atoms with Crippen LogP contribution in [0.5, 0.6) is 0 Å². The number of hydrogen-bond donors (Lipinski definition) is 3. The van der Waals surface area contributed by atoms with Gasteiger partial charge in [0.05, 0.1) is 12.8 Å². The summed E-state index contributed by atoms with van der Waals surface area (Å²) in [5.41, 5.74) is 8.21. The minimum absolute atomic E-state index is 0.408. The standard InChI is InChI=1S/C9H12N4O2/c10-8(6-14)9(15)13-12-5-7-2-1-3-11-4-7/h1-5,8,14H,6,10H2,(H,13,15)/b12-5+/t8-/m0/s1. The molecule has 0 aliphatic carbocycles. The number of hydrazone groups is 1. The molecule has 6 nitrogen and oxygen atoms in total. The van der Waals surface area contributed by atoms with Crippen LogP contribution >= 0.6 is 0 Å². The lowest BCUT2D eigenvalue weighted by molar-refractivity contribution is -0.123. The van der Waals surface area contributed by atoms with Crippen molar-refractivity contribution in [3.8, 4) is 0 Å². The van der Waals surface area contributed by atoms with Crippen molar-refractivity contribution < 1.29 is 9.90 Å². The molecule has 0 fully saturated rings. The van der Waals surface area contributed by atoms with E-state index in [0.29, 0.717) is 0 Å². The molecule has 0 spiro atoms. The number of nitrogens with two attached hydrogens (primary N) is 1. The first-order valence-electron chi connectivity index (χ1n) is 4.33. The van der Waals surface area contributed by atoms with Gasteiger partial charge >= 0.3 is 0 Å². The van der Waals surface area contributed by atoms with Gasteiger partial charge in [-0.15, -0.1) is 0 Å². The number of aromatic nitrogens is 1. The third-order valence-corrected chi connectivity index (χ3v) is 1.61. The van der Waals surface area contributed by atoms with E-state index >= 15 is 0 Å². The number of nitrogens with one attached hydrogen (secondary N) is 1. The van der Waals surface area contributed by atoms with E-state index in [1.807, 2.05) is 0 Å². The first-order valence-corrected chi connectivity index (χ1v) is 4.33. The summed E-state index contributed by atoms with van der Waals surface area (Å²) in [6, 6.07) is 2.59. The lowest BCUT2D eigenvalue weighted by Crippen LogP contribution is -2.40. The molecular formula is C9H12N4O2. The number of hydrogen-bond acceptors (Lipinski definition) is 5. The fourth-order valence-corrected chi connectivity index (χ4v) is 0.789. The van der Waals surface area contributed by atoms with Gasteiger partial charge in [-0.3, -0.25) is 9.78 Å². The number of aliphatic hydroxyl groups excluding tert-OH is 1. The highest BCUT2D eigenvalue weighted by Gasteiger charge is 2.09. The lowest BCUT2D eigenvalue weighted by atomic mass is 10.3. The van der Waals surface area contributed by atoms with Gasteiger partial charge in [-0.05, 0) is 6.07 Å². The number of carbonyl (C=O) groups excluding carboxylic acids is 1. The fraction of sp³-hybridized carbons (Fsp3) is 0.222. The molecule has 1 amide bonds. The number of carbonyl (C=O) groups is 1. The molecule has 1 rings (SSSR count). The predicted octanol–water partition coefficient (Wildman–Crippen LogP) is -1.15. The van der Waals surface area contributed by atoms with Crippen LogP contribution in [0.2, 0.25) is 0 Å². The molecule has 1 heterocycles. The largest absolute Gasteiger partial charge is 0.394 e. The monoisotopic (exact) mass is 208 g/mol. The summed E-state index contributed by atoms with van der Waals surface area (Å²) in [4.78, 5) is 14.9. The summed E-state index contributed by atoms with van der Waals surface area (Å²) in [5.74, 6) is -0.530. The molecule has 0 aliphatic heterocycles. The molecule has 0 bridgehead atoms. The number of nitrogens with zero attached hydrogens (tertiary/aromatic N) is 2. The van der Waals surface area contributed by atoms with E-state index in [0.717, 1.165) is 5.56 Å². The van der Waals surface area contributed by atoms with Gasteiger partial charge in [-0.2, -0.15) is 5.10 Å². The lowest BCUT2D eigenvalue weighted by Gasteiger charge is -2.04. The number of amides is 1. The minimum atomic E-state index is -0.948. The van der Waals surface area contributed by atoms with Gasteiger partial charge in [0.2, 0.25) is 0 Å². The van der Waals surface area contributed by atoms with E-state index in [9.17, 15) is 4.79 Å². The van der Waals surface area contributed by atoms with E-state index < -0.39 is 18.6 Å². The maximum absolute atomic E-state index is 11.0. The molecule has 0 unspecified atom stereocenters. The molecule has 0 aliphatic rings. The highest BCUT2D eigenvalue weighted by Crippen LogP contribution is 1.89. The Kier molecular flexibility index (Phi) is 4.39. The van der Waals surface area contributed by atoms with Crippen LogP contribution in [0.3, 0.4) is 0 Å². The highest BCUT2D eigenvalue weighted by molar-refractivity contribution is 5.84. The second-order valence-corrected chi connectivity index (χ2v) is 2.81. The van der Waals surface area contributed by atoms with E-state index in [2.05, 4.69) is 15.5 Å². The molecule has 6 heteroatoms. The van der Waals surface area contributed by atoms with Crippen molar-refractivity contribution in [2.75, 3.05) is 6.61 Å². The highest BCUT2D eigenvalue weighted by atomic mass is 16.3. The van der Waals surface area contributed by atoms with Crippen LogP contribution in [-0.4, -0.2) is 34.9 Å². The van der Waals surface area contributed by atoms with Crippen molar-refractivity contribution in [1.29, 1.82) is 0 Å². The third-order valence-electron chi connectivity index (χ3n) is 1.61. The third kappa shape index (κ3) is 3.84. The molecular weight excluding hydrogens is 196 g/mol. The topological polar surface area (TPSA) is 101 Å². The van der Waals surface area contributed by atoms with Gasteiger partial charge in [0.25, 0.3) is 5.91 Å². The molecule has 15 heavy (non-hydrogen) atoms. The van der Waals surface area contributed by atoms with Crippen LogP contribution in [0.25, 0.3) is 0 Å². The molecule has 0 saturated heterocycles. The second kappa shape index (κ2) is 5.84. The van der Waals surface area contributed by atoms with Crippen molar-refractivity contribution in [2.24, 2.45) is 10.8 Å². The van der Waals surface area contributed by atoms with Crippen LogP contribution in [0, 0.1) is 0 Å². The predicted molar refractivity (Wildman–Crippen MR) is 55.0 cm³/mol. The zero-order chi connectivity index (χ0) is 11.1. The minimum Gasteiger partial charge on any atom is -0.394 e. The van der Waals surface area contributed by atoms with E-state index in [1.54, 1.807) is 24.5 Å². The first kappa shape index (κ1) is 11.3. The van der Waals surface area contributed by atoms with Crippen molar-refractivity contribution in [3.05, 3.63) is 30.1 Å². The number of aliphatic hydroxyl groups is 1. The fourth-order valence-electron chi connectivity index (χ4n) is 0.789. The molecule has 1 aromatic rings.